The molecule has 1 saturated heterocycles. The van der Waals surface area contributed by atoms with Gasteiger partial charge in [-0.25, -0.2) is 9.78 Å². The summed E-state index contributed by atoms with van der Waals surface area (Å²) in [6, 6.07) is 0. The van der Waals surface area contributed by atoms with Gasteiger partial charge in [0.15, 0.2) is 0 Å². The number of piperazine rings is 1. The number of hydrogen-bond acceptors (Lipinski definition) is 5. The second kappa shape index (κ2) is 6.89. The molecule has 7 nitrogen and oxygen atoms in total. The van der Waals surface area contributed by atoms with Crippen LogP contribution in [0, 0.1) is 0 Å². The number of carbonyl (C=O) groups excluding carboxylic acids is 2. The van der Waals surface area contributed by atoms with Gasteiger partial charge in [-0.2, -0.15) is 0 Å². The monoisotopic (exact) mass is 266 g/mol. The predicted molar refractivity (Wildman–Crippen MR) is 67.5 cm³/mol. The van der Waals surface area contributed by atoms with Gasteiger partial charge in [-0.3, -0.25) is 4.79 Å². The third-order valence-electron chi connectivity index (χ3n) is 2.95. The summed E-state index contributed by atoms with van der Waals surface area (Å²) >= 11 is 0. The van der Waals surface area contributed by atoms with E-state index in [0.29, 0.717) is 25.9 Å². The minimum Gasteiger partial charge on any atom is -0.376 e. The number of aromatic amines is 1. The average Bonchev–Trinajstić information content (AvgIpc) is 2.93. The highest BCUT2D eigenvalue weighted by Gasteiger charge is 2.20. The zero-order valence-electron chi connectivity index (χ0n) is 10.7. The average molecular weight is 266 g/mol. The van der Waals surface area contributed by atoms with E-state index in [1.54, 1.807) is 17.4 Å². The third-order valence-corrected chi connectivity index (χ3v) is 2.95. The van der Waals surface area contributed by atoms with E-state index in [2.05, 4.69) is 15.3 Å². The van der Waals surface area contributed by atoms with Gasteiger partial charge >= 0.3 is 12.1 Å². The Hall–Kier alpha value is -1.89. The SMILES string of the molecule is O=C(CCCc1c[nH]cn1)OC(=O)N1CCNCC1. The highest BCUT2D eigenvalue weighted by Crippen LogP contribution is 2.03. The maximum Gasteiger partial charge on any atom is 0.417 e. The Bertz CT molecular complexity index is 413. The van der Waals surface area contributed by atoms with E-state index in [1.165, 1.54) is 0 Å². The quantitative estimate of drug-likeness (QED) is 0.604. The van der Waals surface area contributed by atoms with Gasteiger partial charge < -0.3 is 19.9 Å². The van der Waals surface area contributed by atoms with Crippen molar-refractivity contribution in [2.45, 2.75) is 19.3 Å². The molecule has 1 amide bonds. The second-order valence-electron chi connectivity index (χ2n) is 4.39. The molecule has 0 saturated carbocycles. The molecule has 1 fully saturated rings. The van der Waals surface area contributed by atoms with E-state index in [9.17, 15) is 9.59 Å². The van der Waals surface area contributed by atoms with Crippen molar-refractivity contribution in [1.82, 2.24) is 20.2 Å². The molecule has 0 unspecified atom stereocenters. The Morgan fingerprint density at radius 2 is 2.16 bits per heavy atom. The minimum atomic E-state index is -0.536. The summed E-state index contributed by atoms with van der Waals surface area (Å²) in [6.07, 6.45) is 4.40. The van der Waals surface area contributed by atoms with E-state index < -0.39 is 12.1 Å². The van der Waals surface area contributed by atoms with E-state index in [1.807, 2.05) is 0 Å². The van der Waals surface area contributed by atoms with Gasteiger partial charge in [0.1, 0.15) is 0 Å². The van der Waals surface area contributed by atoms with Crippen LogP contribution in [0.3, 0.4) is 0 Å². The molecule has 0 aliphatic carbocycles. The first-order valence-corrected chi connectivity index (χ1v) is 6.43. The fraction of sp³-hybridized carbons (Fsp3) is 0.583. The van der Waals surface area contributed by atoms with Crippen LogP contribution in [0.4, 0.5) is 4.79 Å². The van der Waals surface area contributed by atoms with Crippen LogP contribution in [0.2, 0.25) is 0 Å². The molecule has 0 bridgehead atoms. The van der Waals surface area contributed by atoms with Crippen LogP contribution >= 0.6 is 0 Å². The van der Waals surface area contributed by atoms with Gasteiger partial charge in [-0.05, 0) is 12.8 Å². The van der Waals surface area contributed by atoms with Gasteiger partial charge in [0.05, 0.1) is 12.0 Å². The summed E-state index contributed by atoms with van der Waals surface area (Å²) < 4.78 is 4.80. The Kier molecular flexibility index (Phi) is 4.91. The Morgan fingerprint density at radius 3 is 2.84 bits per heavy atom. The molecule has 1 aliphatic rings. The van der Waals surface area contributed by atoms with Gasteiger partial charge in [0.2, 0.25) is 0 Å². The molecule has 1 aromatic heterocycles. The van der Waals surface area contributed by atoms with Gasteiger partial charge in [0, 0.05) is 38.8 Å². The number of imidazole rings is 1. The minimum absolute atomic E-state index is 0.227. The van der Waals surface area contributed by atoms with Crippen molar-refractivity contribution in [1.29, 1.82) is 0 Å². The zero-order valence-corrected chi connectivity index (χ0v) is 10.7. The molecule has 0 aromatic carbocycles. The number of H-pyrrole nitrogens is 1. The zero-order chi connectivity index (χ0) is 13.5. The van der Waals surface area contributed by atoms with Crippen LogP contribution in [0.25, 0.3) is 0 Å². The normalized spacial score (nSPS) is 15.3. The third kappa shape index (κ3) is 4.36. The first-order valence-electron chi connectivity index (χ1n) is 6.43. The molecule has 0 radical (unpaired) electrons. The predicted octanol–water partition coefficient (Wildman–Crippen LogP) is 0.301. The Labute approximate surface area is 111 Å². The molecular formula is C12H18N4O3. The van der Waals surface area contributed by atoms with Gasteiger partial charge in [-0.1, -0.05) is 0 Å². The first-order chi connectivity index (χ1) is 9.25. The van der Waals surface area contributed by atoms with E-state index in [-0.39, 0.29) is 6.42 Å². The van der Waals surface area contributed by atoms with Gasteiger partial charge in [-0.15, -0.1) is 0 Å². The van der Waals surface area contributed by atoms with E-state index in [0.717, 1.165) is 18.8 Å². The van der Waals surface area contributed by atoms with Crippen molar-refractivity contribution >= 4 is 12.1 Å². The molecule has 2 rings (SSSR count). The first kappa shape index (κ1) is 13.5. The van der Waals surface area contributed by atoms with Crippen LogP contribution in [0.15, 0.2) is 12.5 Å². The fourth-order valence-electron chi connectivity index (χ4n) is 1.90. The molecule has 0 atom stereocenters. The molecule has 19 heavy (non-hydrogen) atoms. The largest absolute Gasteiger partial charge is 0.417 e. The Balaban J connectivity index is 1.64. The molecule has 0 spiro atoms. The topological polar surface area (TPSA) is 87.3 Å². The highest BCUT2D eigenvalue weighted by molar-refractivity contribution is 5.84. The van der Waals surface area contributed by atoms with Gasteiger partial charge in [0.25, 0.3) is 0 Å². The lowest BCUT2D eigenvalue weighted by Gasteiger charge is -2.25. The molecular weight excluding hydrogens is 248 g/mol. The number of hydrogen-bond donors (Lipinski definition) is 2. The van der Waals surface area contributed by atoms with Crippen LogP contribution in [0.1, 0.15) is 18.5 Å². The molecule has 2 N–H and O–H groups in total. The molecule has 2 heterocycles. The van der Waals surface area contributed by atoms with Crippen molar-refractivity contribution in [2.75, 3.05) is 26.2 Å². The molecule has 1 aromatic rings. The summed E-state index contributed by atoms with van der Waals surface area (Å²) in [4.78, 5) is 31.6. The number of amides is 1. The smallest absolute Gasteiger partial charge is 0.376 e. The van der Waals surface area contributed by atoms with Crippen molar-refractivity contribution in [3.63, 3.8) is 0 Å². The number of aromatic nitrogens is 2. The number of ether oxygens (including phenoxy) is 1. The number of rotatable bonds is 4. The number of nitrogens with one attached hydrogen (secondary N) is 2. The lowest BCUT2D eigenvalue weighted by Crippen LogP contribution is -2.47. The number of nitrogens with zero attached hydrogens (tertiary/aromatic N) is 2. The summed E-state index contributed by atoms with van der Waals surface area (Å²) in [6.45, 7) is 2.64. The molecule has 1 aliphatic heterocycles. The summed E-state index contributed by atoms with van der Waals surface area (Å²) in [5.41, 5.74) is 0.904. The van der Waals surface area contributed by atoms with Crippen LogP contribution in [0.5, 0.6) is 0 Å². The van der Waals surface area contributed by atoms with Crippen molar-refractivity contribution in [3.05, 3.63) is 18.2 Å². The highest BCUT2D eigenvalue weighted by atomic mass is 16.6. The number of esters is 1. The van der Waals surface area contributed by atoms with Crippen molar-refractivity contribution < 1.29 is 14.3 Å². The van der Waals surface area contributed by atoms with E-state index >= 15 is 0 Å². The molecule has 104 valence electrons. The second-order valence-corrected chi connectivity index (χ2v) is 4.39. The molecule has 7 heteroatoms. The van der Waals surface area contributed by atoms with Crippen LogP contribution < -0.4 is 5.32 Å². The number of aryl methyl sites for hydroxylation is 1. The Morgan fingerprint density at radius 1 is 1.37 bits per heavy atom. The summed E-state index contributed by atoms with van der Waals surface area (Å²) in [5.74, 6) is -0.473. The lowest BCUT2D eigenvalue weighted by molar-refractivity contribution is -0.138. The lowest BCUT2D eigenvalue weighted by atomic mass is 10.2. The maximum absolute atomic E-state index is 11.6. The summed E-state index contributed by atoms with van der Waals surface area (Å²) in [5, 5.41) is 3.13. The van der Waals surface area contributed by atoms with Crippen LogP contribution in [-0.4, -0.2) is 53.1 Å². The summed E-state index contributed by atoms with van der Waals surface area (Å²) in [7, 11) is 0. The van der Waals surface area contributed by atoms with Crippen LogP contribution in [-0.2, 0) is 16.0 Å². The standard InChI is InChI=1S/C12H18N4O3/c17-11(3-1-2-10-8-14-9-15-10)19-12(18)16-6-4-13-5-7-16/h8-9,13H,1-7H2,(H,14,15). The van der Waals surface area contributed by atoms with Crippen molar-refractivity contribution in [3.8, 4) is 0 Å². The van der Waals surface area contributed by atoms with E-state index in [4.69, 9.17) is 4.74 Å². The van der Waals surface area contributed by atoms with Crippen molar-refractivity contribution in [2.24, 2.45) is 0 Å². The maximum atomic E-state index is 11.6. The fourth-order valence-corrected chi connectivity index (χ4v) is 1.90. The number of carbonyl (C=O) groups is 2.